The summed E-state index contributed by atoms with van der Waals surface area (Å²) in [7, 11) is 0. The van der Waals surface area contributed by atoms with Crippen LogP contribution in [0.2, 0.25) is 10.0 Å². The monoisotopic (exact) mass is 534 g/mol. The Hall–Kier alpha value is -2.48. The summed E-state index contributed by atoms with van der Waals surface area (Å²) in [6.45, 7) is 2.94. The minimum Gasteiger partial charge on any atom is -0.490 e. The second kappa shape index (κ2) is 12.0. The van der Waals surface area contributed by atoms with Gasteiger partial charge in [0.25, 0.3) is 11.8 Å². The van der Waals surface area contributed by atoms with E-state index in [0.717, 1.165) is 55.4 Å². The first-order chi connectivity index (χ1) is 17.0. The molecule has 3 aromatic rings. The van der Waals surface area contributed by atoms with Crippen molar-refractivity contribution in [3.63, 3.8) is 0 Å². The summed E-state index contributed by atoms with van der Waals surface area (Å²) in [5.74, 6) is 0.421. The Morgan fingerprint density at radius 3 is 2.63 bits per heavy atom. The quantitative estimate of drug-likeness (QED) is 0.253. The van der Waals surface area contributed by atoms with Gasteiger partial charge in [0, 0.05) is 10.4 Å². The molecule has 1 aliphatic carbocycles. The van der Waals surface area contributed by atoms with Gasteiger partial charge in [0.05, 0.1) is 35.0 Å². The van der Waals surface area contributed by atoms with E-state index in [0.29, 0.717) is 34.2 Å². The Bertz CT molecular complexity index is 1170. The van der Waals surface area contributed by atoms with Crippen molar-refractivity contribution in [1.82, 2.24) is 5.32 Å². The van der Waals surface area contributed by atoms with Crippen LogP contribution in [0.25, 0.3) is 0 Å². The van der Waals surface area contributed by atoms with E-state index in [9.17, 15) is 9.59 Å². The van der Waals surface area contributed by atoms with Crippen LogP contribution in [0.15, 0.2) is 34.9 Å². The third-order valence-corrected chi connectivity index (χ3v) is 7.65. The van der Waals surface area contributed by atoms with Crippen LogP contribution in [0.4, 0.5) is 5.00 Å². The van der Waals surface area contributed by atoms with Gasteiger partial charge in [0.15, 0.2) is 5.75 Å². The molecule has 0 aliphatic heterocycles. The van der Waals surface area contributed by atoms with Gasteiger partial charge in [-0.05, 0) is 55.5 Å². The summed E-state index contributed by atoms with van der Waals surface area (Å²) in [6, 6.07) is 6.66. The molecule has 186 valence electrons. The van der Waals surface area contributed by atoms with Crippen molar-refractivity contribution < 1.29 is 18.7 Å². The topological polar surface area (TPSA) is 80.6 Å². The third kappa shape index (κ3) is 6.21. The highest BCUT2D eigenvalue weighted by molar-refractivity contribution is 7.17. The number of furan rings is 1. The molecule has 2 heterocycles. The number of nitrogens with one attached hydrogen (secondary N) is 2. The molecule has 4 rings (SSSR count). The Morgan fingerprint density at radius 2 is 1.91 bits per heavy atom. The highest BCUT2D eigenvalue weighted by Crippen LogP contribution is 2.40. The van der Waals surface area contributed by atoms with E-state index < -0.39 is 0 Å². The fourth-order valence-electron chi connectivity index (χ4n) is 4.11. The van der Waals surface area contributed by atoms with Gasteiger partial charge >= 0.3 is 0 Å². The lowest BCUT2D eigenvalue weighted by molar-refractivity contribution is 0.0948. The van der Waals surface area contributed by atoms with Crippen LogP contribution in [0, 0.1) is 0 Å². The van der Waals surface area contributed by atoms with E-state index >= 15 is 0 Å². The molecule has 9 heteroatoms. The standard InChI is InChI=1S/C26H28Cl2N2O4S/c1-2-3-4-5-11-34-23-19(27)13-16(14-20(23)28)24(31)30-26-22(18-9-6-10-21(18)35-26)25(32)29-15-17-8-7-12-33-17/h7-8,12-14H,2-6,9-11,15H2,1H3,(H,29,32)(H,30,31). The van der Waals surface area contributed by atoms with E-state index in [1.165, 1.54) is 11.3 Å². The molecule has 0 saturated heterocycles. The number of hydrogen-bond donors (Lipinski definition) is 2. The minimum absolute atomic E-state index is 0.237. The van der Waals surface area contributed by atoms with Crippen molar-refractivity contribution in [2.24, 2.45) is 0 Å². The number of thiophene rings is 1. The molecule has 0 saturated carbocycles. The van der Waals surface area contributed by atoms with Gasteiger partial charge in [-0.25, -0.2) is 0 Å². The lowest BCUT2D eigenvalue weighted by Crippen LogP contribution is -2.25. The predicted octanol–water partition coefficient (Wildman–Crippen LogP) is 7.28. The van der Waals surface area contributed by atoms with Gasteiger partial charge in [-0.15, -0.1) is 11.3 Å². The number of unbranched alkanes of at least 4 members (excludes halogenated alkanes) is 3. The Morgan fingerprint density at radius 1 is 1.11 bits per heavy atom. The zero-order valence-corrected chi connectivity index (χ0v) is 21.9. The van der Waals surface area contributed by atoms with Crippen molar-refractivity contribution in [2.75, 3.05) is 11.9 Å². The van der Waals surface area contributed by atoms with Gasteiger partial charge in [-0.1, -0.05) is 49.4 Å². The molecule has 0 fully saturated rings. The van der Waals surface area contributed by atoms with Gasteiger partial charge in [0.2, 0.25) is 0 Å². The number of anilines is 1. The first-order valence-corrected chi connectivity index (χ1v) is 13.4. The highest BCUT2D eigenvalue weighted by Gasteiger charge is 2.28. The molecular formula is C26H28Cl2N2O4S. The number of fused-ring (bicyclic) bond motifs is 1. The van der Waals surface area contributed by atoms with Crippen molar-refractivity contribution in [2.45, 2.75) is 58.4 Å². The van der Waals surface area contributed by atoms with Crippen molar-refractivity contribution >= 4 is 51.4 Å². The lowest BCUT2D eigenvalue weighted by atomic mass is 10.1. The molecule has 0 bridgehead atoms. The van der Waals surface area contributed by atoms with Gasteiger partial charge in [-0.3, -0.25) is 9.59 Å². The molecule has 2 aromatic heterocycles. The summed E-state index contributed by atoms with van der Waals surface area (Å²) >= 11 is 14.2. The minimum atomic E-state index is -0.386. The van der Waals surface area contributed by atoms with Crippen molar-refractivity contribution in [3.8, 4) is 5.75 Å². The number of ether oxygens (including phenoxy) is 1. The summed E-state index contributed by atoms with van der Waals surface area (Å²) in [6.07, 6.45) is 8.56. The van der Waals surface area contributed by atoms with Gasteiger partial charge in [0.1, 0.15) is 10.8 Å². The van der Waals surface area contributed by atoms with Crippen molar-refractivity contribution in [1.29, 1.82) is 0 Å². The molecule has 0 unspecified atom stereocenters. The fourth-order valence-corrected chi connectivity index (χ4v) is 5.99. The Labute approximate surface area is 218 Å². The first-order valence-electron chi connectivity index (χ1n) is 11.9. The third-order valence-electron chi connectivity index (χ3n) is 5.88. The number of halogens is 2. The van der Waals surface area contributed by atoms with E-state index in [4.69, 9.17) is 32.4 Å². The van der Waals surface area contributed by atoms with E-state index in [2.05, 4.69) is 17.6 Å². The van der Waals surface area contributed by atoms with Crippen LogP contribution in [-0.4, -0.2) is 18.4 Å². The summed E-state index contributed by atoms with van der Waals surface area (Å²) < 4.78 is 11.1. The number of benzene rings is 1. The van der Waals surface area contributed by atoms with E-state index in [-0.39, 0.29) is 28.4 Å². The molecule has 35 heavy (non-hydrogen) atoms. The average molecular weight is 535 g/mol. The number of rotatable bonds is 11. The normalized spacial score (nSPS) is 12.4. The largest absolute Gasteiger partial charge is 0.490 e. The molecule has 0 radical (unpaired) electrons. The Balaban J connectivity index is 1.47. The first kappa shape index (κ1) is 25.6. The molecular weight excluding hydrogens is 507 g/mol. The maximum atomic E-state index is 13.1. The van der Waals surface area contributed by atoms with E-state index in [1.807, 2.05) is 0 Å². The predicted molar refractivity (Wildman–Crippen MR) is 140 cm³/mol. The van der Waals surface area contributed by atoms with Crippen LogP contribution in [0.5, 0.6) is 5.75 Å². The van der Waals surface area contributed by atoms with Crippen LogP contribution in [0.3, 0.4) is 0 Å². The molecule has 6 nitrogen and oxygen atoms in total. The average Bonchev–Trinajstić information content (AvgIpc) is 3.56. The molecule has 2 N–H and O–H groups in total. The number of hydrogen-bond acceptors (Lipinski definition) is 5. The van der Waals surface area contributed by atoms with Crippen LogP contribution < -0.4 is 15.4 Å². The maximum absolute atomic E-state index is 13.1. The zero-order valence-electron chi connectivity index (χ0n) is 19.5. The lowest BCUT2D eigenvalue weighted by Gasteiger charge is -2.12. The number of carbonyl (C=O) groups excluding carboxylic acids is 2. The zero-order chi connectivity index (χ0) is 24.8. The summed E-state index contributed by atoms with van der Waals surface area (Å²) in [5.41, 5.74) is 1.82. The second-order valence-corrected chi connectivity index (χ2v) is 10.4. The fraction of sp³-hybridized carbons (Fsp3) is 0.385. The number of amides is 2. The Kier molecular flexibility index (Phi) is 8.76. The summed E-state index contributed by atoms with van der Waals surface area (Å²) in [5, 5.41) is 6.89. The van der Waals surface area contributed by atoms with Crippen LogP contribution in [0.1, 0.15) is 75.9 Å². The van der Waals surface area contributed by atoms with Crippen LogP contribution in [-0.2, 0) is 19.4 Å². The maximum Gasteiger partial charge on any atom is 0.256 e. The molecule has 1 aliphatic rings. The van der Waals surface area contributed by atoms with Crippen molar-refractivity contribution in [3.05, 3.63) is 67.9 Å². The number of carbonyl (C=O) groups is 2. The smallest absolute Gasteiger partial charge is 0.256 e. The molecule has 0 spiro atoms. The van der Waals surface area contributed by atoms with Gasteiger partial charge in [-0.2, -0.15) is 0 Å². The van der Waals surface area contributed by atoms with Crippen LogP contribution >= 0.6 is 34.5 Å². The SMILES string of the molecule is CCCCCCOc1c(Cl)cc(C(=O)Nc2sc3c(c2C(=O)NCc2ccco2)CCC3)cc1Cl. The summed E-state index contributed by atoms with van der Waals surface area (Å²) in [4.78, 5) is 27.3. The van der Waals surface area contributed by atoms with Gasteiger partial charge < -0.3 is 19.8 Å². The highest BCUT2D eigenvalue weighted by atomic mass is 35.5. The second-order valence-electron chi connectivity index (χ2n) is 8.46. The molecule has 0 atom stereocenters. The van der Waals surface area contributed by atoms with E-state index in [1.54, 1.807) is 30.5 Å². The molecule has 2 amide bonds. The number of aryl methyl sites for hydroxylation is 1. The molecule has 1 aromatic carbocycles.